The summed E-state index contributed by atoms with van der Waals surface area (Å²) in [7, 11) is 1.49. The van der Waals surface area contributed by atoms with Gasteiger partial charge in [0.1, 0.15) is 0 Å². The molecule has 4 heteroatoms. The van der Waals surface area contributed by atoms with Crippen molar-refractivity contribution in [3.8, 4) is 0 Å². The molecule has 3 atom stereocenters. The minimum absolute atomic E-state index is 0.0658. The lowest BCUT2D eigenvalue weighted by atomic mass is 9.69. The van der Waals surface area contributed by atoms with Crippen molar-refractivity contribution in [1.29, 1.82) is 0 Å². The molecule has 0 bridgehead atoms. The molecule has 1 aliphatic rings. The van der Waals surface area contributed by atoms with Crippen molar-refractivity contribution < 1.29 is 9.53 Å². The number of hydrogen-bond donors (Lipinski definition) is 0. The number of esters is 1. The molecule has 1 aromatic rings. The Balaban J connectivity index is 2.28. The molecule has 0 aliphatic carbocycles. The first kappa shape index (κ1) is 16.7. The summed E-state index contributed by atoms with van der Waals surface area (Å²) in [6, 6.07) is 10.8. The lowest BCUT2D eigenvalue weighted by Crippen LogP contribution is -2.44. The predicted octanol–water partition coefficient (Wildman–Crippen LogP) is 3.68. The van der Waals surface area contributed by atoms with Crippen LogP contribution >= 0.6 is 22.6 Å². The molecule has 0 N–H and O–H groups in total. The van der Waals surface area contributed by atoms with Gasteiger partial charge in [-0.15, -0.1) is 0 Å². The van der Waals surface area contributed by atoms with Crippen molar-refractivity contribution in [2.45, 2.75) is 26.8 Å². The van der Waals surface area contributed by atoms with Crippen LogP contribution in [0.2, 0.25) is 0 Å². The molecule has 1 fully saturated rings. The number of benzene rings is 1. The molecule has 1 aliphatic heterocycles. The topological polar surface area (TPSA) is 29.5 Å². The van der Waals surface area contributed by atoms with Crippen LogP contribution in [0.5, 0.6) is 0 Å². The van der Waals surface area contributed by atoms with Crippen LogP contribution in [-0.2, 0) is 9.53 Å². The van der Waals surface area contributed by atoms with Gasteiger partial charge in [-0.05, 0) is 19.4 Å². The molecule has 2 rings (SSSR count). The minimum atomic E-state index is -0.452. The average Bonchev–Trinajstić information content (AvgIpc) is 2.80. The highest BCUT2D eigenvalue weighted by Gasteiger charge is 2.57. The molecule has 0 radical (unpaired) electrons. The third kappa shape index (κ3) is 2.84. The monoisotopic (exact) mass is 401 g/mol. The van der Waals surface area contributed by atoms with E-state index in [4.69, 9.17) is 4.74 Å². The summed E-state index contributed by atoms with van der Waals surface area (Å²) in [5.41, 5.74) is 0.776. The lowest BCUT2D eigenvalue weighted by molar-refractivity contribution is -0.155. The fourth-order valence-corrected chi connectivity index (χ4v) is 4.30. The summed E-state index contributed by atoms with van der Waals surface area (Å²) < 4.78 is 6.04. The highest BCUT2D eigenvalue weighted by atomic mass is 127. The molecule has 1 saturated heterocycles. The summed E-state index contributed by atoms with van der Waals surface area (Å²) in [6.07, 6.45) is 0. The van der Waals surface area contributed by atoms with Crippen LogP contribution in [0.3, 0.4) is 0 Å². The van der Waals surface area contributed by atoms with E-state index >= 15 is 0 Å². The molecule has 21 heavy (non-hydrogen) atoms. The zero-order chi connectivity index (χ0) is 15.7. The maximum Gasteiger partial charge on any atom is 0.313 e. The first-order valence-corrected chi connectivity index (χ1v) is 8.84. The van der Waals surface area contributed by atoms with Crippen LogP contribution in [0.4, 0.5) is 0 Å². The number of methoxy groups -OCH3 is 1. The first-order chi connectivity index (χ1) is 9.88. The number of halogens is 1. The van der Waals surface area contributed by atoms with E-state index in [1.165, 1.54) is 12.7 Å². The van der Waals surface area contributed by atoms with Crippen LogP contribution in [0.25, 0.3) is 0 Å². The van der Waals surface area contributed by atoms with Gasteiger partial charge < -0.3 is 4.74 Å². The molecule has 0 amide bonds. The SMILES string of the molecule is COC(=O)[C@]1(C)CN([C@H](C)c2ccccc2)C[C@@]1(C)CI. The number of alkyl halides is 1. The summed E-state index contributed by atoms with van der Waals surface area (Å²) in [5.74, 6) is -0.0931. The smallest absolute Gasteiger partial charge is 0.313 e. The van der Waals surface area contributed by atoms with E-state index in [1.54, 1.807) is 0 Å². The molecule has 3 nitrogen and oxygen atoms in total. The Bertz CT molecular complexity index is 507. The highest BCUT2D eigenvalue weighted by Crippen LogP contribution is 2.50. The van der Waals surface area contributed by atoms with Gasteiger partial charge in [-0.1, -0.05) is 59.8 Å². The van der Waals surface area contributed by atoms with E-state index < -0.39 is 5.41 Å². The quantitative estimate of drug-likeness (QED) is 0.438. The van der Waals surface area contributed by atoms with E-state index in [2.05, 4.69) is 72.5 Å². The Hall–Kier alpha value is -0.620. The number of carbonyl (C=O) groups excluding carboxylic acids is 1. The Morgan fingerprint density at radius 2 is 1.95 bits per heavy atom. The van der Waals surface area contributed by atoms with Gasteiger partial charge in [0.25, 0.3) is 0 Å². The third-order valence-electron chi connectivity index (χ3n) is 5.16. The highest BCUT2D eigenvalue weighted by molar-refractivity contribution is 14.1. The fraction of sp³-hybridized carbons (Fsp3) is 0.588. The molecule has 0 spiro atoms. The van der Waals surface area contributed by atoms with E-state index in [0.29, 0.717) is 6.04 Å². The van der Waals surface area contributed by atoms with Crippen molar-refractivity contribution in [3.05, 3.63) is 35.9 Å². The molecule has 1 heterocycles. The Kier molecular flexibility index (Phi) is 4.98. The van der Waals surface area contributed by atoms with Crippen LogP contribution in [0.1, 0.15) is 32.4 Å². The Morgan fingerprint density at radius 1 is 1.33 bits per heavy atom. The summed E-state index contributed by atoms with van der Waals surface area (Å²) in [6.45, 7) is 8.13. The summed E-state index contributed by atoms with van der Waals surface area (Å²) in [4.78, 5) is 14.8. The summed E-state index contributed by atoms with van der Waals surface area (Å²) in [5, 5.41) is 0. The fourth-order valence-electron chi connectivity index (χ4n) is 3.22. The number of hydrogen-bond acceptors (Lipinski definition) is 3. The van der Waals surface area contributed by atoms with Crippen molar-refractivity contribution in [2.24, 2.45) is 10.8 Å². The second-order valence-corrected chi connectivity index (χ2v) is 7.27. The average molecular weight is 401 g/mol. The van der Waals surface area contributed by atoms with Gasteiger partial charge in [-0.25, -0.2) is 0 Å². The number of ether oxygens (including phenoxy) is 1. The molecule has 0 aromatic heterocycles. The van der Waals surface area contributed by atoms with Gasteiger partial charge >= 0.3 is 5.97 Å². The second-order valence-electron chi connectivity index (χ2n) is 6.51. The van der Waals surface area contributed by atoms with E-state index in [1.807, 2.05) is 6.07 Å². The zero-order valence-corrected chi connectivity index (χ0v) is 15.4. The Morgan fingerprint density at radius 3 is 2.48 bits per heavy atom. The van der Waals surface area contributed by atoms with Crippen LogP contribution < -0.4 is 0 Å². The van der Waals surface area contributed by atoms with Crippen molar-refractivity contribution in [2.75, 3.05) is 24.6 Å². The lowest BCUT2D eigenvalue weighted by Gasteiger charge is -2.35. The maximum absolute atomic E-state index is 12.4. The molecule has 0 unspecified atom stereocenters. The normalized spacial score (nSPS) is 31.1. The van der Waals surface area contributed by atoms with Crippen LogP contribution in [0.15, 0.2) is 30.3 Å². The van der Waals surface area contributed by atoms with Gasteiger partial charge in [-0.2, -0.15) is 0 Å². The Labute approximate surface area is 141 Å². The number of carbonyl (C=O) groups is 1. The van der Waals surface area contributed by atoms with Gasteiger partial charge in [0.15, 0.2) is 0 Å². The van der Waals surface area contributed by atoms with Gasteiger partial charge in [0.05, 0.1) is 12.5 Å². The largest absolute Gasteiger partial charge is 0.469 e. The molecular formula is C17H24INO2. The maximum atomic E-state index is 12.4. The van der Waals surface area contributed by atoms with Crippen LogP contribution in [0, 0.1) is 10.8 Å². The minimum Gasteiger partial charge on any atom is -0.469 e. The number of rotatable bonds is 4. The number of nitrogens with zero attached hydrogens (tertiary/aromatic N) is 1. The number of likely N-dealkylation sites (tertiary alicyclic amines) is 1. The van der Waals surface area contributed by atoms with Crippen molar-refractivity contribution in [1.82, 2.24) is 4.90 Å². The molecule has 1 aromatic carbocycles. The van der Waals surface area contributed by atoms with Gasteiger partial charge in [0, 0.05) is 29.0 Å². The van der Waals surface area contributed by atoms with Crippen molar-refractivity contribution in [3.63, 3.8) is 0 Å². The predicted molar refractivity (Wildman–Crippen MR) is 93.5 cm³/mol. The van der Waals surface area contributed by atoms with E-state index in [-0.39, 0.29) is 11.4 Å². The zero-order valence-electron chi connectivity index (χ0n) is 13.2. The van der Waals surface area contributed by atoms with Gasteiger partial charge in [0.2, 0.25) is 0 Å². The van der Waals surface area contributed by atoms with Gasteiger partial charge in [-0.3, -0.25) is 9.69 Å². The molecule has 116 valence electrons. The molecule has 0 saturated carbocycles. The van der Waals surface area contributed by atoms with E-state index in [0.717, 1.165) is 17.5 Å². The first-order valence-electron chi connectivity index (χ1n) is 7.31. The van der Waals surface area contributed by atoms with Crippen LogP contribution in [-0.4, -0.2) is 35.5 Å². The second kappa shape index (κ2) is 6.24. The standard InChI is InChI=1S/C17H24INO2/c1-13(14-8-6-5-7-9-14)19-11-16(2,10-18)17(3,12-19)15(20)21-4/h5-9,13H,10-12H2,1-4H3/t13-,16-,17+/m1/s1. The summed E-state index contributed by atoms with van der Waals surface area (Å²) >= 11 is 2.39. The molecular weight excluding hydrogens is 377 g/mol. The van der Waals surface area contributed by atoms with Crippen molar-refractivity contribution >= 4 is 28.6 Å². The third-order valence-corrected chi connectivity index (χ3v) is 6.85. The van der Waals surface area contributed by atoms with E-state index in [9.17, 15) is 4.79 Å².